The van der Waals surface area contributed by atoms with E-state index in [1.807, 2.05) is 6.07 Å². The Kier molecular flexibility index (Phi) is 4.27. The van der Waals surface area contributed by atoms with Gasteiger partial charge in [0.25, 0.3) is 0 Å². The third kappa shape index (κ3) is 2.84. The van der Waals surface area contributed by atoms with E-state index in [9.17, 15) is 0 Å². The maximum Gasteiger partial charge on any atom is 0.119 e. The van der Waals surface area contributed by atoms with Crippen molar-refractivity contribution in [2.75, 3.05) is 20.2 Å². The highest BCUT2D eigenvalue weighted by Crippen LogP contribution is 2.29. The molecule has 1 N–H and O–H groups in total. The Morgan fingerprint density at radius 2 is 2.15 bits per heavy atom. The Labute approximate surface area is 122 Å². The van der Waals surface area contributed by atoms with Gasteiger partial charge in [0.1, 0.15) is 5.75 Å². The summed E-state index contributed by atoms with van der Waals surface area (Å²) in [5.41, 5.74) is 1.32. The number of piperidine rings is 1. The van der Waals surface area contributed by atoms with E-state index in [0.717, 1.165) is 11.8 Å². The van der Waals surface area contributed by atoms with Crippen molar-refractivity contribution >= 4 is 0 Å². The van der Waals surface area contributed by atoms with Crippen molar-refractivity contribution in [1.82, 2.24) is 10.2 Å². The van der Waals surface area contributed by atoms with Gasteiger partial charge in [0.2, 0.25) is 0 Å². The first-order valence-electron chi connectivity index (χ1n) is 7.92. The number of nitrogens with one attached hydrogen (secondary N) is 1. The van der Waals surface area contributed by atoms with Crippen LogP contribution in [0.15, 0.2) is 24.3 Å². The molecule has 3 heteroatoms. The van der Waals surface area contributed by atoms with Gasteiger partial charge in [-0.3, -0.25) is 4.90 Å². The van der Waals surface area contributed by atoms with E-state index in [0.29, 0.717) is 12.1 Å². The number of ether oxygens (including phenoxy) is 1. The summed E-state index contributed by atoms with van der Waals surface area (Å²) < 4.78 is 5.32. The molecule has 0 spiro atoms. The molecular weight excluding hydrogens is 248 g/mol. The molecule has 2 saturated heterocycles. The van der Waals surface area contributed by atoms with E-state index in [2.05, 4.69) is 35.3 Å². The summed E-state index contributed by atoms with van der Waals surface area (Å²) in [5.74, 6) is 0.946. The largest absolute Gasteiger partial charge is 0.497 e. The fraction of sp³-hybridized carbons (Fsp3) is 0.647. The minimum atomic E-state index is 0.386. The molecule has 0 bridgehead atoms. The molecule has 0 aromatic heterocycles. The van der Waals surface area contributed by atoms with Gasteiger partial charge < -0.3 is 10.1 Å². The first kappa shape index (κ1) is 13.9. The van der Waals surface area contributed by atoms with Crippen molar-refractivity contribution in [3.8, 4) is 5.75 Å². The quantitative estimate of drug-likeness (QED) is 0.913. The van der Waals surface area contributed by atoms with Crippen LogP contribution in [-0.4, -0.2) is 37.2 Å². The fourth-order valence-corrected chi connectivity index (χ4v) is 3.77. The molecule has 3 rings (SSSR count). The number of fused-ring (bicyclic) bond motifs is 1. The van der Waals surface area contributed by atoms with Gasteiger partial charge in [0.15, 0.2) is 0 Å². The third-order valence-corrected chi connectivity index (χ3v) is 4.91. The normalized spacial score (nSPS) is 28.1. The molecule has 2 fully saturated rings. The van der Waals surface area contributed by atoms with Gasteiger partial charge in [-0.05, 0) is 50.4 Å². The average molecular weight is 274 g/mol. The summed E-state index contributed by atoms with van der Waals surface area (Å²) in [5, 5.41) is 3.85. The summed E-state index contributed by atoms with van der Waals surface area (Å²) in [7, 11) is 1.73. The molecule has 3 unspecified atom stereocenters. The van der Waals surface area contributed by atoms with Crippen LogP contribution in [-0.2, 0) is 0 Å². The van der Waals surface area contributed by atoms with E-state index in [1.54, 1.807) is 7.11 Å². The van der Waals surface area contributed by atoms with Crippen LogP contribution in [0, 0.1) is 0 Å². The number of methoxy groups -OCH3 is 1. The Hall–Kier alpha value is -1.06. The standard InChI is InChI=1S/C17H26N2O/c1-13(14-6-5-7-15(12-14)20-2)18-16-9-11-19-10-4-3-8-17(16)19/h5-7,12-13,16-18H,3-4,8-11H2,1-2H3. The lowest BCUT2D eigenvalue weighted by atomic mass is 9.97. The summed E-state index contributed by atoms with van der Waals surface area (Å²) in [6.07, 6.45) is 5.43. The van der Waals surface area contributed by atoms with E-state index < -0.39 is 0 Å². The van der Waals surface area contributed by atoms with Crippen molar-refractivity contribution in [3.63, 3.8) is 0 Å². The molecule has 3 atom stereocenters. The second-order valence-corrected chi connectivity index (χ2v) is 6.16. The summed E-state index contributed by atoms with van der Waals surface area (Å²) in [4.78, 5) is 2.68. The summed E-state index contributed by atoms with van der Waals surface area (Å²) in [6, 6.07) is 10.2. The molecule has 2 aliphatic rings. The molecule has 1 aromatic carbocycles. The van der Waals surface area contributed by atoms with Crippen LogP contribution in [0.5, 0.6) is 5.75 Å². The second kappa shape index (κ2) is 6.15. The predicted molar refractivity (Wildman–Crippen MR) is 82.2 cm³/mol. The smallest absolute Gasteiger partial charge is 0.119 e. The van der Waals surface area contributed by atoms with Gasteiger partial charge in [0, 0.05) is 24.7 Å². The number of hydrogen-bond donors (Lipinski definition) is 1. The monoisotopic (exact) mass is 274 g/mol. The Bertz CT molecular complexity index is 448. The van der Waals surface area contributed by atoms with Crippen LogP contribution < -0.4 is 10.1 Å². The maximum atomic E-state index is 5.32. The van der Waals surface area contributed by atoms with Gasteiger partial charge in [-0.2, -0.15) is 0 Å². The van der Waals surface area contributed by atoms with Crippen LogP contribution in [0.25, 0.3) is 0 Å². The maximum absolute atomic E-state index is 5.32. The molecule has 1 aromatic rings. The van der Waals surface area contributed by atoms with E-state index in [4.69, 9.17) is 4.74 Å². The molecule has 3 nitrogen and oxygen atoms in total. The summed E-state index contributed by atoms with van der Waals surface area (Å²) in [6.45, 7) is 4.84. The van der Waals surface area contributed by atoms with Gasteiger partial charge in [-0.25, -0.2) is 0 Å². The lowest BCUT2D eigenvalue weighted by Gasteiger charge is -2.34. The zero-order valence-electron chi connectivity index (χ0n) is 12.6. The minimum Gasteiger partial charge on any atom is -0.497 e. The highest BCUT2D eigenvalue weighted by Gasteiger charge is 2.35. The van der Waals surface area contributed by atoms with Crippen molar-refractivity contribution in [2.45, 2.75) is 50.7 Å². The lowest BCUT2D eigenvalue weighted by molar-refractivity contribution is 0.177. The number of nitrogens with zero attached hydrogens (tertiary/aromatic N) is 1. The van der Waals surface area contributed by atoms with Crippen LogP contribution in [0.4, 0.5) is 0 Å². The SMILES string of the molecule is COc1cccc(C(C)NC2CCN3CCCCC23)c1. The highest BCUT2D eigenvalue weighted by molar-refractivity contribution is 5.30. The first-order chi connectivity index (χ1) is 9.78. The van der Waals surface area contributed by atoms with Crippen molar-refractivity contribution in [3.05, 3.63) is 29.8 Å². The van der Waals surface area contributed by atoms with Crippen LogP contribution in [0.1, 0.15) is 44.2 Å². The van der Waals surface area contributed by atoms with E-state index in [-0.39, 0.29) is 0 Å². The zero-order chi connectivity index (χ0) is 13.9. The topological polar surface area (TPSA) is 24.5 Å². The third-order valence-electron chi connectivity index (χ3n) is 4.91. The first-order valence-corrected chi connectivity index (χ1v) is 7.92. The Morgan fingerprint density at radius 3 is 3.00 bits per heavy atom. The minimum absolute atomic E-state index is 0.386. The number of rotatable bonds is 4. The molecule has 20 heavy (non-hydrogen) atoms. The fourth-order valence-electron chi connectivity index (χ4n) is 3.77. The van der Waals surface area contributed by atoms with Crippen LogP contribution in [0.3, 0.4) is 0 Å². The molecular formula is C17H26N2O. The van der Waals surface area contributed by atoms with Gasteiger partial charge in [0.05, 0.1) is 7.11 Å². The van der Waals surface area contributed by atoms with E-state index in [1.165, 1.54) is 44.3 Å². The highest BCUT2D eigenvalue weighted by atomic mass is 16.5. The molecule has 2 heterocycles. The predicted octanol–water partition coefficient (Wildman–Crippen LogP) is 2.97. The average Bonchev–Trinajstić information content (AvgIpc) is 2.90. The number of hydrogen-bond acceptors (Lipinski definition) is 3. The van der Waals surface area contributed by atoms with Crippen LogP contribution >= 0.6 is 0 Å². The van der Waals surface area contributed by atoms with Crippen LogP contribution in [0.2, 0.25) is 0 Å². The Balaban J connectivity index is 1.64. The zero-order valence-corrected chi connectivity index (χ0v) is 12.6. The van der Waals surface area contributed by atoms with Gasteiger partial charge in [-0.1, -0.05) is 18.6 Å². The molecule has 0 amide bonds. The van der Waals surface area contributed by atoms with E-state index >= 15 is 0 Å². The molecule has 2 aliphatic heterocycles. The summed E-state index contributed by atoms with van der Waals surface area (Å²) >= 11 is 0. The van der Waals surface area contributed by atoms with Gasteiger partial charge in [-0.15, -0.1) is 0 Å². The van der Waals surface area contributed by atoms with Gasteiger partial charge >= 0.3 is 0 Å². The van der Waals surface area contributed by atoms with Crippen molar-refractivity contribution in [2.24, 2.45) is 0 Å². The molecule has 0 radical (unpaired) electrons. The Morgan fingerprint density at radius 1 is 1.25 bits per heavy atom. The second-order valence-electron chi connectivity index (χ2n) is 6.16. The molecule has 0 aliphatic carbocycles. The van der Waals surface area contributed by atoms with Crippen molar-refractivity contribution < 1.29 is 4.74 Å². The molecule has 0 saturated carbocycles. The van der Waals surface area contributed by atoms with Crippen molar-refractivity contribution in [1.29, 1.82) is 0 Å². The lowest BCUT2D eigenvalue weighted by Crippen LogP contribution is -2.45. The molecule has 110 valence electrons. The number of benzene rings is 1.